The van der Waals surface area contributed by atoms with Crippen LogP contribution in [0.3, 0.4) is 0 Å². The van der Waals surface area contributed by atoms with Crippen molar-refractivity contribution in [1.82, 2.24) is 10.3 Å². The topological polar surface area (TPSA) is 80.0 Å². The molecule has 2 amide bonds. The fourth-order valence-corrected chi connectivity index (χ4v) is 2.46. The Bertz CT molecular complexity index is 851. The summed E-state index contributed by atoms with van der Waals surface area (Å²) in [4.78, 5) is 16.2. The van der Waals surface area contributed by atoms with Gasteiger partial charge in [0.2, 0.25) is 0 Å². The maximum absolute atomic E-state index is 13.0. The number of nitrogens with two attached hydrogens (primary N) is 1. The van der Waals surface area contributed by atoms with Crippen molar-refractivity contribution in [3.63, 3.8) is 0 Å². The maximum Gasteiger partial charge on any atom is 0.319 e. The van der Waals surface area contributed by atoms with Crippen LogP contribution in [0.25, 0.3) is 10.8 Å². The van der Waals surface area contributed by atoms with E-state index in [0.717, 1.165) is 16.3 Å². The molecule has 3 aromatic rings. The zero-order valence-electron chi connectivity index (χ0n) is 12.9. The van der Waals surface area contributed by atoms with Crippen molar-refractivity contribution in [2.45, 2.75) is 6.04 Å². The molecule has 6 heteroatoms. The number of pyridine rings is 1. The molecule has 0 radical (unpaired) electrons. The lowest BCUT2D eigenvalue weighted by molar-refractivity contribution is 0.249. The Morgan fingerprint density at radius 2 is 1.92 bits per heavy atom. The first-order valence-electron chi connectivity index (χ1n) is 7.52. The van der Waals surface area contributed by atoms with Crippen LogP contribution in [0.2, 0.25) is 0 Å². The van der Waals surface area contributed by atoms with Crippen molar-refractivity contribution in [3.8, 4) is 0 Å². The summed E-state index contributed by atoms with van der Waals surface area (Å²) in [7, 11) is 0. The number of nitrogens with one attached hydrogen (secondary N) is 2. The monoisotopic (exact) mass is 324 g/mol. The second-order valence-corrected chi connectivity index (χ2v) is 5.38. The van der Waals surface area contributed by atoms with E-state index >= 15 is 0 Å². The van der Waals surface area contributed by atoms with Crippen LogP contribution < -0.4 is 16.4 Å². The summed E-state index contributed by atoms with van der Waals surface area (Å²) >= 11 is 0. The van der Waals surface area contributed by atoms with Crippen LogP contribution in [0.4, 0.5) is 14.9 Å². The standard InChI is InChI=1S/C18H17FN4O/c19-15-4-1-12(2-5-15)17(10-20)23-18(24)22-16-6-3-14-11-21-8-7-13(14)9-16/h1-9,11,17H,10,20H2,(H2,22,23,24). The normalized spacial score (nSPS) is 11.9. The van der Waals surface area contributed by atoms with E-state index in [1.54, 1.807) is 30.6 Å². The van der Waals surface area contributed by atoms with Gasteiger partial charge in [-0.15, -0.1) is 0 Å². The van der Waals surface area contributed by atoms with Crippen molar-refractivity contribution in [2.75, 3.05) is 11.9 Å². The molecule has 24 heavy (non-hydrogen) atoms. The summed E-state index contributed by atoms with van der Waals surface area (Å²) in [6.07, 6.45) is 3.46. The molecule has 0 spiro atoms. The smallest absolute Gasteiger partial charge is 0.319 e. The highest BCUT2D eigenvalue weighted by Gasteiger charge is 2.13. The van der Waals surface area contributed by atoms with E-state index in [1.807, 2.05) is 18.2 Å². The molecular formula is C18H17FN4O. The third kappa shape index (κ3) is 3.67. The minimum absolute atomic E-state index is 0.211. The lowest BCUT2D eigenvalue weighted by atomic mass is 10.1. The van der Waals surface area contributed by atoms with Gasteiger partial charge in [-0.3, -0.25) is 4.98 Å². The van der Waals surface area contributed by atoms with Crippen molar-refractivity contribution >= 4 is 22.5 Å². The molecule has 1 unspecified atom stereocenters. The number of anilines is 1. The van der Waals surface area contributed by atoms with Crippen LogP contribution >= 0.6 is 0 Å². The molecule has 1 aromatic heterocycles. The number of rotatable bonds is 4. The number of benzene rings is 2. The third-order valence-electron chi connectivity index (χ3n) is 3.71. The summed E-state index contributed by atoms with van der Waals surface area (Å²) < 4.78 is 13.0. The number of amides is 2. The fourth-order valence-electron chi connectivity index (χ4n) is 2.46. The first kappa shape index (κ1) is 15.9. The van der Waals surface area contributed by atoms with E-state index in [1.165, 1.54) is 12.1 Å². The summed E-state index contributed by atoms with van der Waals surface area (Å²) in [5.74, 6) is -0.329. The second kappa shape index (κ2) is 7.06. The van der Waals surface area contributed by atoms with Crippen molar-refractivity contribution in [1.29, 1.82) is 0 Å². The van der Waals surface area contributed by atoms with Gasteiger partial charge in [0.05, 0.1) is 6.04 Å². The number of carbonyl (C=O) groups excluding carboxylic acids is 1. The van der Waals surface area contributed by atoms with E-state index in [9.17, 15) is 9.18 Å². The molecule has 0 saturated carbocycles. The van der Waals surface area contributed by atoms with Gasteiger partial charge in [-0.1, -0.05) is 18.2 Å². The van der Waals surface area contributed by atoms with Crippen molar-refractivity contribution < 1.29 is 9.18 Å². The molecular weight excluding hydrogens is 307 g/mol. The molecule has 5 nitrogen and oxygen atoms in total. The molecule has 1 atom stereocenters. The van der Waals surface area contributed by atoms with Gasteiger partial charge in [-0.2, -0.15) is 0 Å². The number of urea groups is 1. The number of hydrogen-bond donors (Lipinski definition) is 3. The van der Waals surface area contributed by atoms with Gasteiger partial charge >= 0.3 is 6.03 Å². The van der Waals surface area contributed by atoms with Gasteiger partial charge in [0.25, 0.3) is 0 Å². The average Bonchev–Trinajstić information content (AvgIpc) is 2.60. The van der Waals surface area contributed by atoms with E-state index in [-0.39, 0.29) is 18.4 Å². The highest BCUT2D eigenvalue weighted by molar-refractivity contribution is 5.93. The lowest BCUT2D eigenvalue weighted by Gasteiger charge is -2.18. The summed E-state index contributed by atoms with van der Waals surface area (Å²) in [5.41, 5.74) is 7.13. The molecule has 0 aliphatic heterocycles. The van der Waals surface area contributed by atoms with Crippen LogP contribution in [0, 0.1) is 5.82 Å². The van der Waals surface area contributed by atoms with Crippen LogP contribution in [0.15, 0.2) is 60.9 Å². The maximum atomic E-state index is 13.0. The molecule has 0 aliphatic rings. The highest BCUT2D eigenvalue weighted by Crippen LogP contribution is 2.18. The highest BCUT2D eigenvalue weighted by atomic mass is 19.1. The van der Waals surface area contributed by atoms with Crippen molar-refractivity contribution in [2.24, 2.45) is 5.73 Å². The van der Waals surface area contributed by atoms with E-state index in [4.69, 9.17) is 5.73 Å². The molecule has 0 bridgehead atoms. The van der Waals surface area contributed by atoms with Crippen LogP contribution in [0.1, 0.15) is 11.6 Å². The van der Waals surface area contributed by atoms with E-state index in [0.29, 0.717) is 5.69 Å². The molecule has 1 heterocycles. The average molecular weight is 324 g/mol. The van der Waals surface area contributed by atoms with Crippen molar-refractivity contribution in [3.05, 3.63) is 72.3 Å². The van der Waals surface area contributed by atoms with Gasteiger partial charge in [-0.25, -0.2) is 9.18 Å². The van der Waals surface area contributed by atoms with E-state index in [2.05, 4.69) is 15.6 Å². The molecule has 4 N–H and O–H groups in total. The first-order valence-corrected chi connectivity index (χ1v) is 7.52. The molecule has 0 aliphatic carbocycles. The Morgan fingerprint density at radius 1 is 1.12 bits per heavy atom. The third-order valence-corrected chi connectivity index (χ3v) is 3.71. The summed E-state index contributed by atoms with van der Waals surface area (Å²) in [6, 6.07) is 12.6. The largest absolute Gasteiger partial charge is 0.330 e. The summed E-state index contributed by atoms with van der Waals surface area (Å²) in [5, 5.41) is 7.55. The van der Waals surface area contributed by atoms with Crippen LogP contribution in [-0.4, -0.2) is 17.6 Å². The Balaban J connectivity index is 1.69. The minimum Gasteiger partial charge on any atom is -0.330 e. The second-order valence-electron chi connectivity index (χ2n) is 5.38. The number of aromatic nitrogens is 1. The summed E-state index contributed by atoms with van der Waals surface area (Å²) in [6.45, 7) is 0.211. The van der Waals surface area contributed by atoms with Gasteiger partial charge in [-0.05, 0) is 41.3 Å². The zero-order chi connectivity index (χ0) is 16.9. The van der Waals surface area contributed by atoms with E-state index < -0.39 is 6.04 Å². The molecule has 0 saturated heterocycles. The number of halogens is 1. The number of carbonyl (C=O) groups is 1. The zero-order valence-corrected chi connectivity index (χ0v) is 12.9. The fraction of sp³-hybridized carbons (Fsp3) is 0.111. The lowest BCUT2D eigenvalue weighted by Crippen LogP contribution is -2.36. The quantitative estimate of drug-likeness (QED) is 0.689. The van der Waals surface area contributed by atoms with Gasteiger partial charge in [0.15, 0.2) is 0 Å². The van der Waals surface area contributed by atoms with Crippen LogP contribution in [0.5, 0.6) is 0 Å². The van der Waals surface area contributed by atoms with Gasteiger partial charge in [0.1, 0.15) is 5.82 Å². The Hall–Kier alpha value is -2.99. The Morgan fingerprint density at radius 3 is 2.67 bits per heavy atom. The number of fused-ring (bicyclic) bond motifs is 1. The number of nitrogens with zero attached hydrogens (tertiary/aromatic N) is 1. The minimum atomic E-state index is -0.393. The molecule has 3 rings (SSSR count). The molecule has 122 valence electrons. The van der Waals surface area contributed by atoms with Gasteiger partial charge in [0, 0.05) is 30.0 Å². The van der Waals surface area contributed by atoms with Gasteiger partial charge < -0.3 is 16.4 Å². The molecule has 2 aromatic carbocycles. The molecule has 0 fully saturated rings. The Kier molecular flexibility index (Phi) is 4.67. The predicted octanol–water partition coefficient (Wildman–Crippen LogP) is 3.20. The van der Waals surface area contributed by atoms with Crippen LogP contribution in [-0.2, 0) is 0 Å². The Labute approximate surface area is 138 Å². The number of hydrogen-bond acceptors (Lipinski definition) is 3. The predicted molar refractivity (Wildman–Crippen MR) is 92.1 cm³/mol. The first-order chi connectivity index (χ1) is 11.7. The SMILES string of the molecule is NCC(NC(=O)Nc1ccc2cnccc2c1)c1ccc(F)cc1.